The number of methoxy groups -OCH3 is 1. The van der Waals surface area contributed by atoms with E-state index in [1.807, 2.05) is 37.1 Å². The Morgan fingerprint density at radius 2 is 1.77 bits per heavy atom. The normalized spacial score (nSPS) is 15.1. The highest BCUT2D eigenvalue weighted by Crippen LogP contribution is 2.31. The summed E-state index contributed by atoms with van der Waals surface area (Å²) < 4.78 is 7.15. The average Bonchev–Trinajstić information content (AvgIpc) is 3.13. The summed E-state index contributed by atoms with van der Waals surface area (Å²) >= 11 is 6.02. The molecule has 0 spiro atoms. The minimum absolute atomic E-state index is 0.0666. The molecule has 1 aliphatic heterocycles. The Bertz CT molecular complexity index is 1220. The maximum atomic E-state index is 13.5. The summed E-state index contributed by atoms with van der Waals surface area (Å²) in [5.74, 6) is 0.607. The van der Waals surface area contributed by atoms with E-state index in [9.17, 15) is 9.59 Å². The molecule has 186 valence electrons. The Kier molecular flexibility index (Phi) is 7.53. The van der Waals surface area contributed by atoms with Gasteiger partial charge in [0.25, 0.3) is 5.91 Å². The quantitative estimate of drug-likeness (QED) is 0.473. The zero-order valence-corrected chi connectivity index (χ0v) is 21.9. The zero-order chi connectivity index (χ0) is 25.3. The second kappa shape index (κ2) is 10.4. The average molecular weight is 496 g/mol. The Morgan fingerprint density at radius 3 is 2.37 bits per heavy atom. The van der Waals surface area contributed by atoms with Crippen molar-refractivity contribution in [3.05, 3.63) is 64.3 Å². The van der Waals surface area contributed by atoms with E-state index in [0.29, 0.717) is 22.4 Å². The smallest absolute Gasteiger partial charge is 0.262 e. The van der Waals surface area contributed by atoms with Crippen LogP contribution in [-0.4, -0.2) is 65.5 Å². The molecule has 0 radical (unpaired) electrons. The molecule has 0 saturated carbocycles. The van der Waals surface area contributed by atoms with Gasteiger partial charge in [-0.3, -0.25) is 14.2 Å². The number of carbonyl (C=O) groups is 2. The van der Waals surface area contributed by atoms with Crippen LogP contribution < -0.4 is 4.74 Å². The van der Waals surface area contributed by atoms with E-state index in [1.54, 1.807) is 35.9 Å². The highest BCUT2D eigenvalue weighted by molar-refractivity contribution is 6.30. The van der Waals surface area contributed by atoms with Gasteiger partial charge in [-0.25, -0.2) is 0 Å². The minimum Gasteiger partial charge on any atom is -0.497 e. The van der Waals surface area contributed by atoms with Crippen molar-refractivity contribution in [2.24, 2.45) is 0 Å². The molecule has 7 heteroatoms. The molecule has 0 atom stereocenters. The number of nitrogens with zero attached hydrogens (tertiary/aromatic N) is 3. The lowest BCUT2D eigenvalue weighted by molar-refractivity contribution is -0.132. The van der Waals surface area contributed by atoms with E-state index in [1.165, 1.54) is 0 Å². The Morgan fingerprint density at radius 1 is 1.11 bits per heavy atom. The molecule has 1 aliphatic rings. The highest BCUT2D eigenvalue weighted by Gasteiger charge is 2.28. The Labute approximate surface area is 212 Å². The van der Waals surface area contributed by atoms with E-state index in [4.69, 9.17) is 16.3 Å². The summed E-state index contributed by atoms with van der Waals surface area (Å²) in [6.07, 6.45) is 2.19. The van der Waals surface area contributed by atoms with Crippen LogP contribution in [0.1, 0.15) is 48.3 Å². The van der Waals surface area contributed by atoms with Crippen molar-refractivity contribution in [3.8, 4) is 5.75 Å². The van der Waals surface area contributed by atoms with Gasteiger partial charge in [0.2, 0.25) is 5.91 Å². The van der Waals surface area contributed by atoms with Crippen LogP contribution in [0.15, 0.2) is 42.5 Å². The number of benzene rings is 2. The van der Waals surface area contributed by atoms with Crippen LogP contribution in [0.3, 0.4) is 0 Å². The van der Waals surface area contributed by atoms with Crippen LogP contribution in [0, 0.1) is 6.92 Å². The molecule has 0 bridgehead atoms. The van der Waals surface area contributed by atoms with E-state index in [-0.39, 0.29) is 24.3 Å². The van der Waals surface area contributed by atoms with Crippen LogP contribution in [0.2, 0.25) is 5.02 Å². The largest absolute Gasteiger partial charge is 0.497 e. The fraction of sp³-hybridized carbons (Fsp3) is 0.429. The van der Waals surface area contributed by atoms with E-state index < -0.39 is 0 Å². The van der Waals surface area contributed by atoms with E-state index in [2.05, 4.69) is 18.7 Å². The number of rotatable bonds is 6. The first kappa shape index (κ1) is 25.3. The van der Waals surface area contributed by atoms with Gasteiger partial charge in [0.05, 0.1) is 19.0 Å². The molecule has 0 aliphatic carbocycles. The van der Waals surface area contributed by atoms with Gasteiger partial charge in [0.15, 0.2) is 0 Å². The van der Waals surface area contributed by atoms with Crippen molar-refractivity contribution < 1.29 is 14.3 Å². The number of halogens is 1. The molecule has 0 unspecified atom stereocenters. The molecular weight excluding hydrogens is 462 g/mol. The number of hydrogen-bond donors (Lipinski definition) is 0. The number of ether oxygens (including phenoxy) is 1. The standard InChI is InChI=1S/C28H34ClN3O3/c1-18(2)31-14-12-22(13-15-31)30(4)27(33)17-24-19(3)32(26-11-10-23(35-5)16-25(24)26)28(34)20-6-8-21(29)9-7-20/h6-11,16,18,22H,12-15,17H2,1-5H3. The third-order valence-corrected chi connectivity index (χ3v) is 7.59. The van der Waals surface area contributed by atoms with Gasteiger partial charge < -0.3 is 14.5 Å². The number of carbonyl (C=O) groups excluding carboxylic acids is 2. The van der Waals surface area contributed by atoms with Crippen molar-refractivity contribution in [3.63, 3.8) is 0 Å². The molecule has 2 aromatic carbocycles. The first-order valence-electron chi connectivity index (χ1n) is 12.2. The maximum absolute atomic E-state index is 13.5. The predicted molar refractivity (Wildman–Crippen MR) is 141 cm³/mol. The molecule has 4 rings (SSSR count). The van der Waals surface area contributed by atoms with Gasteiger partial charge in [-0.2, -0.15) is 0 Å². The maximum Gasteiger partial charge on any atom is 0.262 e. The summed E-state index contributed by atoms with van der Waals surface area (Å²) in [6.45, 7) is 8.35. The second-order valence-electron chi connectivity index (χ2n) is 9.64. The molecule has 1 saturated heterocycles. The summed E-state index contributed by atoms with van der Waals surface area (Å²) in [5, 5.41) is 1.44. The van der Waals surface area contributed by atoms with Gasteiger partial charge >= 0.3 is 0 Å². The molecular formula is C28H34ClN3O3. The van der Waals surface area contributed by atoms with E-state index >= 15 is 0 Å². The van der Waals surface area contributed by atoms with Crippen molar-refractivity contribution in [1.29, 1.82) is 0 Å². The lowest BCUT2D eigenvalue weighted by Gasteiger charge is -2.38. The van der Waals surface area contributed by atoms with Crippen LogP contribution in [0.5, 0.6) is 5.75 Å². The van der Waals surface area contributed by atoms with Gasteiger partial charge in [-0.1, -0.05) is 11.6 Å². The topological polar surface area (TPSA) is 54.8 Å². The van der Waals surface area contributed by atoms with Gasteiger partial charge in [-0.15, -0.1) is 0 Å². The van der Waals surface area contributed by atoms with E-state index in [0.717, 1.165) is 48.1 Å². The van der Waals surface area contributed by atoms with Crippen molar-refractivity contribution in [2.45, 2.75) is 52.1 Å². The highest BCUT2D eigenvalue weighted by atomic mass is 35.5. The van der Waals surface area contributed by atoms with Crippen molar-refractivity contribution in [1.82, 2.24) is 14.4 Å². The monoisotopic (exact) mass is 495 g/mol. The van der Waals surface area contributed by atoms with Crippen LogP contribution in [0.25, 0.3) is 10.9 Å². The van der Waals surface area contributed by atoms with Crippen LogP contribution >= 0.6 is 11.6 Å². The van der Waals surface area contributed by atoms with Gasteiger partial charge in [-0.05, 0) is 81.6 Å². The summed E-state index contributed by atoms with van der Waals surface area (Å²) in [4.78, 5) is 31.3. The lowest BCUT2D eigenvalue weighted by Crippen LogP contribution is -2.47. The third kappa shape index (κ3) is 5.09. The Hall–Kier alpha value is -2.83. The first-order chi connectivity index (χ1) is 16.7. The molecule has 1 amide bonds. The third-order valence-electron chi connectivity index (χ3n) is 7.33. The number of piperidine rings is 1. The molecule has 2 heterocycles. The van der Waals surface area contributed by atoms with Crippen LogP contribution in [-0.2, 0) is 11.2 Å². The SMILES string of the molecule is COc1ccc2c(c1)c(CC(=O)N(C)C1CCN(C(C)C)CC1)c(C)n2C(=O)c1ccc(Cl)cc1. The second-order valence-corrected chi connectivity index (χ2v) is 10.1. The lowest BCUT2D eigenvalue weighted by atomic mass is 10.0. The van der Waals surface area contributed by atoms with Gasteiger partial charge in [0, 0.05) is 53.9 Å². The number of fused-ring (bicyclic) bond motifs is 1. The summed E-state index contributed by atoms with van der Waals surface area (Å²) in [7, 11) is 3.53. The molecule has 1 aromatic heterocycles. The summed E-state index contributed by atoms with van der Waals surface area (Å²) in [5.41, 5.74) is 2.93. The molecule has 0 N–H and O–H groups in total. The van der Waals surface area contributed by atoms with Gasteiger partial charge in [0.1, 0.15) is 5.75 Å². The van der Waals surface area contributed by atoms with Crippen molar-refractivity contribution in [2.75, 3.05) is 27.2 Å². The van der Waals surface area contributed by atoms with Crippen LogP contribution in [0.4, 0.5) is 0 Å². The molecule has 6 nitrogen and oxygen atoms in total. The number of aromatic nitrogens is 1. The fourth-order valence-electron chi connectivity index (χ4n) is 5.06. The number of hydrogen-bond acceptors (Lipinski definition) is 4. The number of amides is 1. The molecule has 3 aromatic rings. The fourth-order valence-corrected chi connectivity index (χ4v) is 5.19. The van der Waals surface area contributed by atoms with Crippen molar-refractivity contribution >= 4 is 34.3 Å². The molecule has 35 heavy (non-hydrogen) atoms. The Balaban J connectivity index is 1.65. The predicted octanol–water partition coefficient (Wildman–Crippen LogP) is 5.17. The number of likely N-dealkylation sites (N-methyl/N-ethyl adjacent to an activating group) is 1. The zero-order valence-electron chi connectivity index (χ0n) is 21.2. The summed E-state index contributed by atoms with van der Waals surface area (Å²) in [6, 6.07) is 13.3. The minimum atomic E-state index is -0.151. The number of likely N-dealkylation sites (tertiary alicyclic amines) is 1. The first-order valence-corrected chi connectivity index (χ1v) is 12.6. The molecule has 1 fully saturated rings.